The van der Waals surface area contributed by atoms with Gasteiger partial charge in [-0.1, -0.05) is 38.1 Å². The summed E-state index contributed by atoms with van der Waals surface area (Å²) >= 11 is 0. The monoisotopic (exact) mass is 463 g/mol. The van der Waals surface area contributed by atoms with Gasteiger partial charge in [-0.05, 0) is 30.4 Å². The van der Waals surface area contributed by atoms with E-state index in [-0.39, 0.29) is 24.0 Å². The van der Waals surface area contributed by atoms with Crippen molar-refractivity contribution in [3.8, 4) is 0 Å². The summed E-state index contributed by atoms with van der Waals surface area (Å²) in [5.74, 6) is 1.51. The van der Waals surface area contributed by atoms with Gasteiger partial charge in [0.05, 0.1) is 19.8 Å². The number of methoxy groups -OCH3 is 1. The highest BCUT2D eigenvalue weighted by molar-refractivity contribution is 14.0. The van der Waals surface area contributed by atoms with Crippen LogP contribution in [0.2, 0.25) is 0 Å². The summed E-state index contributed by atoms with van der Waals surface area (Å²) in [6, 6.07) is 8.32. The zero-order valence-corrected chi connectivity index (χ0v) is 18.3. The summed E-state index contributed by atoms with van der Waals surface area (Å²) in [4.78, 5) is 4.63. The number of nitrogens with one attached hydrogen (secondary N) is 2. The molecular weight excluding hydrogens is 429 g/mol. The topological polar surface area (TPSA) is 54.9 Å². The van der Waals surface area contributed by atoms with Crippen molar-refractivity contribution in [3.05, 3.63) is 35.4 Å². The summed E-state index contributed by atoms with van der Waals surface area (Å²) in [6.07, 6.45) is 1.10. The highest BCUT2D eigenvalue weighted by Crippen LogP contribution is 2.07. The maximum absolute atomic E-state index is 5.62. The molecule has 0 amide bonds. The molecule has 0 aliphatic carbocycles. The van der Waals surface area contributed by atoms with Gasteiger partial charge in [-0.2, -0.15) is 0 Å². The molecule has 0 aliphatic rings. The van der Waals surface area contributed by atoms with Gasteiger partial charge in [0, 0.05) is 26.8 Å². The van der Waals surface area contributed by atoms with Crippen LogP contribution in [0.1, 0.15) is 38.3 Å². The lowest BCUT2D eigenvalue weighted by Gasteiger charge is -2.12. The van der Waals surface area contributed by atoms with Gasteiger partial charge in [-0.3, -0.25) is 0 Å². The number of aliphatic imine (C=N–C) groups is 1. The van der Waals surface area contributed by atoms with Crippen LogP contribution >= 0.6 is 24.0 Å². The van der Waals surface area contributed by atoms with Gasteiger partial charge in [0.2, 0.25) is 0 Å². The smallest absolute Gasteiger partial charge is 0.191 e. The molecule has 0 saturated heterocycles. The highest BCUT2D eigenvalue weighted by Gasteiger charge is 1.99. The minimum atomic E-state index is 0. The van der Waals surface area contributed by atoms with E-state index in [2.05, 4.69) is 54.6 Å². The molecule has 0 unspecified atom stereocenters. The van der Waals surface area contributed by atoms with Crippen molar-refractivity contribution in [2.75, 3.05) is 33.4 Å². The second-order valence-electron chi connectivity index (χ2n) is 6.17. The van der Waals surface area contributed by atoms with Crippen LogP contribution in [0.3, 0.4) is 0 Å². The van der Waals surface area contributed by atoms with E-state index in [0.29, 0.717) is 25.7 Å². The molecule has 0 saturated carbocycles. The highest BCUT2D eigenvalue weighted by atomic mass is 127. The van der Waals surface area contributed by atoms with Crippen LogP contribution in [0.5, 0.6) is 0 Å². The van der Waals surface area contributed by atoms with Crippen molar-refractivity contribution in [2.45, 2.75) is 40.3 Å². The lowest BCUT2D eigenvalue weighted by Crippen LogP contribution is -2.39. The normalized spacial score (nSPS) is 11.3. The van der Waals surface area contributed by atoms with Gasteiger partial charge < -0.3 is 20.1 Å². The van der Waals surface area contributed by atoms with Gasteiger partial charge in [0.1, 0.15) is 0 Å². The lowest BCUT2D eigenvalue weighted by molar-refractivity contribution is 0.128. The number of benzene rings is 1. The van der Waals surface area contributed by atoms with E-state index in [4.69, 9.17) is 9.47 Å². The Morgan fingerprint density at radius 1 is 1.16 bits per heavy atom. The van der Waals surface area contributed by atoms with Crippen LogP contribution in [-0.2, 0) is 22.6 Å². The largest absolute Gasteiger partial charge is 0.380 e. The average Bonchev–Trinajstić information content (AvgIpc) is 2.56. The van der Waals surface area contributed by atoms with E-state index < -0.39 is 0 Å². The number of hydrogen-bond donors (Lipinski definition) is 2. The van der Waals surface area contributed by atoms with E-state index >= 15 is 0 Å². The van der Waals surface area contributed by atoms with Crippen LogP contribution in [-0.4, -0.2) is 39.4 Å². The van der Waals surface area contributed by atoms with Gasteiger partial charge in [-0.25, -0.2) is 4.99 Å². The third-order valence-corrected chi connectivity index (χ3v) is 3.44. The van der Waals surface area contributed by atoms with Gasteiger partial charge in [0.25, 0.3) is 0 Å². The Bertz CT molecular complexity index is 481. The Kier molecular flexibility index (Phi) is 14.9. The van der Waals surface area contributed by atoms with Gasteiger partial charge in [-0.15, -0.1) is 24.0 Å². The third-order valence-electron chi connectivity index (χ3n) is 3.44. The van der Waals surface area contributed by atoms with Crippen LogP contribution in [0, 0.1) is 5.92 Å². The van der Waals surface area contributed by atoms with E-state index in [1.54, 1.807) is 7.11 Å². The second-order valence-corrected chi connectivity index (χ2v) is 6.17. The summed E-state index contributed by atoms with van der Waals surface area (Å²) in [7, 11) is 1.71. The number of rotatable bonds is 11. The first-order valence-electron chi connectivity index (χ1n) is 8.82. The van der Waals surface area contributed by atoms with Crippen LogP contribution < -0.4 is 10.6 Å². The van der Waals surface area contributed by atoms with Crippen molar-refractivity contribution >= 4 is 29.9 Å². The molecule has 0 aromatic heterocycles. The van der Waals surface area contributed by atoms with E-state index in [1.807, 2.05) is 6.07 Å². The SMILES string of the molecule is CCNC(=NCc1cccc(COC)c1)NCCOCCC(C)C.I. The Labute approximate surface area is 170 Å². The standard InChI is InChI=1S/C19H33N3O2.HI/c1-5-20-19(21-10-12-24-11-9-16(2)3)22-14-17-7-6-8-18(13-17)15-23-4;/h6-8,13,16H,5,9-12,14-15H2,1-4H3,(H2,20,21,22);1H. The first-order chi connectivity index (χ1) is 11.7. The fourth-order valence-electron chi connectivity index (χ4n) is 2.16. The molecule has 6 heteroatoms. The average molecular weight is 463 g/mol. The summed E-state index contributed by atoms with van der Waals surface area (Å²) in [5.41, 5.74) is 2.34. The van der Waals surface area contributed by atoms with Crippen molar-refractivity contribution < 1.29 is 9.47 Å². The van der Waals surface area contributed by atoms with Crippen molar-refractivity contribution in [1.82, 2.24) is 10.6 Å². The minimum absolute atomic E-state index is 0. The molecule has 25 heavy (non-hydrogen) atoms. The van der Waals surface area contributed by atoms with E-state index in [0.717, 1.165) is 32.1 Å². The molecule has 0 heterocycles. The van der Waals surface area contributed by atoms with Crippen LogP contribution in [0.25, 0.3) is 0 Å². The van der Waals surface area contributed by atoms with Crippen LogP contribution in [0.4, 0.5) is 0 Å². The molecule has 0 bridgehead atoms. The minimum Gasteiger partial charge on any atom is -0.380 e. The number of guanidine groups is 1. The fourth-order valence-corrected chi connectivity index (χ4v) is 2.16. The first kappa shape index (κ1) is 24.1. The molecule has 1 aromatic carbocycles. The zero-order chi connectivity index (χ0) is 17.6. The lowest BCUT2D eigenvalue weighted by atomic mass is 10.1. The molecule has 5 nitrogen and oxygen atoms in total. The fraction of sp³-hybridized carbons (Fsp3) is 0.632. The summed E-state index contributed by atoms with van der Waals surface area (Å²) in [6.45, 7) is 10.9. The molecule has 2 N–H and O–H groups in total. The third kappa shape index (κ3) is 12.2. The Morgan fingerprint density at radius 3 is 2.60 bits per heavy atom. The Balaban J connectivity index is 0.00000576. The predicted octanol–water partition coefficient (Wildman–Crippen LogP) is 3.57. The molecule has 0 radical (unpaired) electrons. The quantitative estimate of drug-likeness (QED) is 0.228. The van der Waals surface area contributed by atoms with E-state index in [9.17, 15) is 0 Å². The van der Waals surface area contributed by atoms with Crippen molar-refractivity contribution in [1.29, 1.82) is 0 Å². The molecule has 1 rings (SSSR count). The maximum atomic E-state index is 5.62. The Morgan fingerprint density at radius 2 is 1.92 bits per heavy atom. The zero-order valence-electron chi connectivity index (χ0n) is 16.0. The van der Waals surface area contributed by atoms with E-state index in [1.165, 1.54) is 11.1 Å². The second kappa shape index (κ2) is 15.4. The van der Waals surface area contributed by atoms with Crippen LogP contribution in [0.15, 0.2) is 29.3 Å². The number of halogens is 1. The predicted molar refractivity (Wildman–Crippen MR) is 116 cm³/mol. The number of nitrogens with zero attached hydrogens (tertiary/aromatic N) is 1. The van der Waals surface area contributed by atoms with Crippen molar-refractivity contribution in [3.63, 3.8) is 0 Å². The number of hydrogen-bond acceptors (Lipinski definition) is 3. The molecule has 0 fully saturated rings. The maximum Gasteiger partial charge on any atom is 0.191 e. The molecular formula is C19H34IN3O2. The molecule has 0 aliphatic heterocycles. The summed E-state index contributed by atoms with van der Waals surface area (Å²) in [5, 5.41) is 6.57. The Hall–Kier alpha value is -0.860. The van der Waals surface area contributed by atoms with Crippen molar-refractivity contribution in [2.24, 2.45) is 10.9 Å². The summed E-state index contributed by atoms with van der Waals surface area (Å²) < 4.78 is 10.8. The number of ether oxygens (including phenoxy) is 2. The molecule has 0 spiro atoms. The van der Waals surface area contributed by atoms with Gasteiger partial charge in [0.15, 0.2) is 5.96 Å². The molecule has 144 valence electrons. The molecule has 0 atom stereocenters. The first-order valence-corrected chi connectivity index (χ1v) is 8.82. The van der Waals surface area contributed by atoms with Gasteiger partial charge >= 0.3 is 0 Å². The molecule has 1 aromatic rings.